The van der Waals surface area contributed by atoms with E-state index in [2.05, 4.69) is 53.0 Å². The van der Waals surface area contributed by atoms with Gasteiger partial charge in [0, 0.05) is 40.8 Å². The van der Waals surface area contributed by atoms with Crippen molar-refractivity contribution < 1.29 is 0 Å². The van der Waals surface area contributed by atoms with E-state index in [9.17, 15) is 0 Å². The van der Waals surface area contributed by atoms with Crippen molar-refractivity contribution in [2.45, 2.75) is 20.4 Å². The molecule has 3 aromatic heterocycles. The minimum Gasteiger partial charge on any atom is -0.345 e. The first-order valence-corrected chi connectivity index (χ1v) is 7.22. The topological polar surface area (TPSA) is 17.8 Å². The second kappa shape index (κ2) is 5.02. The van der Waals surface area contributed by atoms with Crippen molar-refractivity contribution in [1.82, 2.24) is 9.55 Å². The molecule has 3 heteroatoms. The fraction of sp³-hybridized carbons (Fsp3) is 0.188. The molecular formula is C16H16N2S. The molecule has 0 aliphatic carbocycles. The molecule has 0 spiro atoms. The van der Waals surface area contributed by atoms with Crippen LogP contribution in [0.4, 0.5) is 0 Å². The molecule has 0 bridgehead atoms. The fourth-order valence-corrected chi connectivity index (χ4v) is 3.15. The van der Waals surface area contributed by atoms with E-state index < -0.39 is 0 Å². The highest BCUT2D eigenvalue weighted by Gasteiger charge is 2.06. The summed E-state index contributed by atoms with van der Waals surface area (Å²) in [6.07, 6.45) is 3.73. The van der Waals surface area contributed by atoms with Crippen molar-refractivity contribution in [2.75, 3.05) is 0 Å². The zero-order valence-corrected chi connectivity index (χ0v) is 11.9. The maximum absolute atomic E-state index is 4.18. The average molecular weight is 268 g/mol. The highest BCUT2D eigenvalue weighted by Crippen LogP contribution is 2.27. The number of hydrogen-bond acceptors (Lipinski definition) is 2. The number of nitrogens with zero attached hydrogens (tertiary/aromatic N) is 2. The van der Waals surface area contributed by atoms with Crippen LogP contribution >= 0.6 is 11.3 Å². The largest absolute Gasteiger partial charge is 0.345 e. The molecular weight excluding hydrogens is 252 g/mol. The van der Waals surface area contributed by atoms with E-state index in [0.717, 1.165) is 6.54 Å². The molecule has 3 rings (SSSR count). The second-order valence-electron chi connectivity index (χ2n) is 4.76. The highest BCUT2D eigenvalue weighted by atomic mass is 32.1. The average Bonchev–Trinajstić information content (AvgIpc) is 3.02. The lowest BCUT2D eigenvalue weighted by molar-refractivity contribution is 0.752. The van der Waals surface area contributed by atoms with Crippen molar-refractivity contribution in [3.63, 3.8) is 0 Å². The minimum atomic E-state index is 0.946. The van der Waals surface area contributed by atoms with Crippen LogP contribution in [0, 0.1) is 13.8 Å². The van der Waals surface area contributed by atoms with Crippen LogP contribution in [0.5, 0.6) is 0 Å². The predicted molar refractivity (Wildman–Crippen MR) is 80.6 cm³/mol. The van der Waals surface area contributed by atoms with Crippen LogP contribution < -0.4 is 0 Å². The highest BCUT2D eigenvalue weighted by molar-refractivity contribution is 7.13. The van der Waals surface area contributed by atoms with Crippen molar-refractivity contribution in [3.05, 3.63) is 65.1 Å². The van der Waals surface area contributed by atoms with Crippen LogP contribution in [-0.4, -0.2) is 9.55 Å². The van der Waals surface area contributed by atoms with Crippen molar-refractivity contribution >= 4 is 11.3 Å². The zero-order chi connectivity index (χ0) is 13.2. The Hall–Kier alpha value is -1.87. The van der Waals surface area contributed by atoms with E-state index >= 15 is 0 Å². The molecule has 96 valence electrons. The van der Waals surface area contributed by atoms with Crippen LogP contribution in [-0.2, 0) is 6.54 Å². The Labute approximate surface area is 117 Å². The lowest BCUT2D eigenvalue weighted by Crippen LogP contribution is -2.02. The summed E-state index contributed by atoms with van der Waals surface area (Å²) in [7, 11) is 0. The van der Waals surface area contributed by atoms with Crippen LogP contribution in [0.2, 0.25) is 0 Å². The third-order valence-electron chi connectivity index (χ3n) is 3.36. The summed E-state index contributed by atoms with van der Waals surface area (Å²) < 4.78 is 2.34. The number of aromatic nitrogens is 2. The van der Waals surface area contributed by atoms with Crippen LogP contribution in [0.1, 0.15) is 17.0 Å². The molecule has 0 N–H and O–H groups in total. The van der Waals surface area contributed by atoms with E-state index in [4.69, 9.17) is 0 Å². The van der Waals surface area contributed by atoms with Gasteiger partial charge in [-0.1, -0.05) is 6.07 Å². The predicted octanol–water partition coefficient (Wildman–Crippen LogP) is 4.28. The summed E-state index contributed by atoms with van der Waals surface area (Å²) in [6, 6.07) is 10.7. The number of aryl methyl sites for hydroxylation is 2. The molecule has 0 amide bonds. The molecule has 2 nitrogen and oxygen atoms in total. The summed E-state index contributed by atoms with van der Waals surface area (Å²) in [6.45, 7) is 5.25. The first-order valence-electron chi connectivity index (χ1n) is 6.34. The van der Waals surface area contributed by atoms with Gasteiger partial charge in [-0.25, -0.2) is 0 Å². The van der Waals surface area contributed by atoms with Crippen molar-refractivity contribution in [1.29, 1.82) is 0 Å². The normalized spacial score (nSPS) is 10.8. The van der Waals surface area contributed by atoms with Crippen LogP contribution in [0.3, 0.4) is 0 Å². The first kappa shape index (κ1) is 12.2. The molecule has 3 heterocycles. The molecule has 0 aromatic carbocycles. The van der Waals surface area contributed by atoms with E-state index in [1.807, 2.05) is 18.5 Å². The van der Waals surface area contributed by atoms with Crippen molar-refractivity contribution in [3.8, 4) is 10.4 Å². The third-order valence-corrected chi connectivity index (χ3v) is 4.39. The number of rotatable bonds is 3. The smallest absolute Gasteiger partial charge is 0.0483 e. The third kappa shape index (κ3) is 2.47. The van der Waals surface area contributed by atoms with E-state index in [1.54, 1.807) is 11.3 Å². The van der Waals surface area contributed by atoms with Gasteiger partial charge < -0.3 is 4.57 Å². The van der Waals surface area contributed by atoms with Crippen molar-refractivity contribution in [2.24, 2.45) is 0 Å². The van der Waals surface area contributed by atoms with Gasteiger partial charge in [0.25, 0.3) is 0 Å². The molecule has 0 aliphatic rings. The Kier molecular flexibility index (Phi) is 3.22. The monoisotopic (exact) mass is 268 g/mol. The van der Waals surface area contributed by atoms with E-state index in [1.165, 1.54) is 27.4 Å². The summed E-state index contributed by atoms with van der Waals surface area (Å²) >= 11 is 1.78. The minimum absolute atomic E-state index is 0.946. The lowest BCUT2D eigenvalue weighted by Gasteiger charge is -2.07. The van der Waals surface area contributed by atoms with Crippen LogP contribution in [0.25, 0.3) is 10.4 Å². The molecule has 0 atom stereocenters. The van der Waals surface area contributed by atoms with Gasteiger partial charge in [-0.15, -0.1) is 11.3 Å². The molecule has 0 unspecified atom stereocenters. The molecule has 0 fully saturated rings. The molecule has 3 aromatic rings. The van der Waals surface area contributed by atoms with E-state index in [-0.39, 0.29) is 0 Å². The van der Waals surface area contributed by atoms with Gasteiger partial charge >= 0.3 is 0 Å². The van der Waals surface area contributed by atoms with Gasteiger partial charge in [0.2, 0.25) is 0 Å². The maximum Gasteiger partial charge on any atom is 0.0483 e. The van der Waals surface area contributed by atoms with Gasteiger partial charge in [0.15, 0.2) is 0 Å². The summed E-state index contributed by atoms with van der Waals surface area (Å²) in [4.78, 5) is 5.46. The quantitative estimate of drug-likeness (QED) is 0.693. The Morgan fingerprint density at radius 2 is 1.95 bits per heavy atom. The van der Waals surface area contributed by atoms with Gasteiger partial charge in [0.05, 0.1) is 0 Å². The number of hydrogen-bond donors (Lipinski definition) is 0. The summed E-state index contributed by atoms with van der Waals surface area (Å²) in [5.74, 6) is 0. The number of pyridine rings is 1. The summed E-state index contributed by atoms with van der Waals surface area (Å²) in [5.41, 5.74) is 5.17. The molecule has 0 radical (unpaired) electrons. The summed E-state index contributed by atoms with van der Waals surface area (Å²) in [5, 5.41) is 2.24. The fourth-order valence-electron chi connectivity index (χ4n) is 2.25. The van der Waals surface area contributed by atoms with Gasteiger partial charge in [-0.2, -0.15) is 0 Å². The van der Waals surface area contributed by atoms with Gasteiger partial charge in [-0.05, 0) is 49.1 Å². The first-order chi connectivity index (χ1) is 9.24. The zero-order valence-electron chi connectivity index (χ0n) is 11.1. The number of thiophene rings is 1. The standard InChI is InChI=1S/C16H16N2S/c1-12-5-6-13(2)18(12)10-14-8-16(19-11-14)15-4-3-7-17-9-15/h3-9,11H,10H2,1-2H3. The molecule has 19 heavy (non-hydrogen) atoms. The van der Waals surface area contributed by atoms with Gasteiger partial charge in [0.1, 0.15) is 0 Å². The Morgan fingerprint density at radius 3 is 2.63 bits per heavy atom. The van der Waals surface area contributed by atoms with Gasteiger partial charge in [-0.3, -0.25) is 4.98 Å². The Bertz CT molecular complexity index is 660. The second-order valence-corrected chi connectivity index (χ2v) is 5.67. The Morgan fingerprint density at radius 1 is 1.16 bits per heavy atom. The molecule has 0 saturated carbocycles. The molecule has 0 aliphatic heterocycles. The SMILES string of the molecule is Cc1ccc(C)n1Cc1csc(-c2cccnc2)c1. The lowest BCUT2D eigenvalue weighted by atomic mass is 10.2. The Balaban J connectivity index is 1.87. The van der Waals surface area contributed by atoms with E-state index in [0.29, 0.717) is 0 Å². The van der Waals surface area contributed by atoms with Crippen LogP contribution in [0.15, 0.2) is 48.1 Å². The molecule has 0 saturated heterocycles. The maximum atomic E-state index is 4.18.